The molecule has 0 spiro atoms. The summed E-state index contributed by atoms with van der Waals surface area (Å²) in [5, 5.41) is 3.41. The van der Waals surface area contributed by atoms with Gasteiger partial charge in [0.25, 0.3) is 0 Å². The zero-order valence-electron chi connectivity index (χ0n) is 14.0. The van der Waals surface area contributed by atoms with Crippen molar-refractivity contribution in [3.8, 4) is 11.3 Å². The van der Waals surface area contributed by atoms with E-state index in [9.17, 15) is 0 Å². The van der Waals surface area contributed by atoms with Crippen LogP contribution < -0.4 is 5.32 Å². The van der Waals surface area contributed by atoms with E-state index < -0.39 is 0 Å². The van der Waals surface area contributed by atoms with Crippen molar-refractivity contribution in [3.05, 3.63) is 40.2 Å². The number of aryl methyl sites for hydroxylation is 4. The molecule has 1 aromatic carbocycles. The predicted octanol–water partition coefficient (Wildman–Crippen LogP) is 4.51. The van der Waals surface area contributed by atoms with Gasteiger partial charge in [0, 0.05) is 17.7 Å². The van der Waals surface area contributed by atoms with Gasteiger partial charge in [0.05, 0.1) is 5.69 Å². The van der Waals surface area contributed by atoms with Gasteiger partial charge in [-0.3, -0.25) is 0 Å². The molecule has 0 saturated carbocycles. The SMILES string of the molecule is CCCNc1nc(C)nc(-c2c(C)cc(C)cc2C)c1C. The van der Waals surface area contributed by atoms with E-state index in [0.29, 0.717) is 0 Å². The van der Waals surface area contributed by atoms with Gasteiger partial charge in [-0.05, 0) is 52.2 Å². The minimum atomic E-state index is 0.813. The quantitative estimate of drug-likeness (QED) is 0.897. The second-order valence-corrected chi connectivity index (χ2v) is 5.79. The summed E-state index contributed by atoms with van der Waals surface area (Å²) in [4.78, 5) is 9.26. The molecule has 21 heavy (non-hydrogen) atoms. The molecule has 0 radical (unpaired) electrons. The monoisotopic (exact) mass is 283 g/mol. The summed E-state index contributed by atoms with van der Waals surface area (Å²) >= 11 is 0. The number of hydrogen-bond donors (Lipinski definition) is 1. The molecule has 0 aliphatic carbocycles. The third kappa shape index (κ3) is 3.23. The van der Waals surface area contributed by atoms with Gasteiger partial charge in [0.15, 0.2) is 0 Å². The van der Waals surface area contributed by atoms with Gasteiger partial charge in [0.1, 0.15) is 11.6 Å². The van der Waals surface area contributed by atoms with Crippen LogP contribution in [-0.2, 0) is 0 Å². The van der Waals surface area contributed by atoms with E-state index in [1.165, 1.54) is 22.3 Å². The van der Waals surface area contributed by atoms with Crippen molar-refractivity contribution in [1.82, 2.24) is 9.97 Å². The first-order valence-electron chi connectivity index (χ1n) is 7.61. The number of nitrogens with one attached hydrogen (secondary N) is 1. The summed E-state index contributed by atoms with van der Waals surface area (Å²) in [6, 6.07) is 4.44. The number of rotatable bonds is 4. The fourth-order valence-electron chi connectivity index (χ4n) is 2.84. The molecule has 3 heteroatoms. The van der Waals surface area contributed by atoms with Crippen LogP contribution in [0, 0.1) is 34.6 Å². The smallest absolute Gasteiger partial charge is 0.133 e. The van der Waals surface area contributed by atoms with Gasteiger partial charge < -0.3 is 5.32 Å². The molecule has 2 rings (SSSR count). The second-order valence-electron chi connectivity index (χ2n) is 5.79. The molecular formula is C18H25N3. The molecule has 0 saturated heterocycles. The van der Waals surface area contributed by atoms with Gasteiger partial charge in [-0.2, -0.15) is 0 Å². The lowest BCUT2D eigenvalue weighted by atomic mass is 9.95. The Morgan fingerprint density at radius 1 is 0.952 bits per heavy atom. The lowest BCUT2D eigenvalue weighted by Gasteiger charge is -2.16. The average Bonchev–Trinajstić information content (AvgIpc) is 2.39. The van der Waals surface area contributed by atoms with Crippen molar-refractivity contribution in [2.75, 3.05) is 11.9 Å². The molecule has 2 aromatic rings. The molecule has 0 atom stereocenters. The Morgan fingerprint density at radius 2 is 1.57 bits per heavy atom. The Kier molecular flexibility index (Phi) is 4.61. The molecule has 0 aliphatic rings. The minimum absolute atomic E-state index is 0.813. The molecule has 3 nitrogen and oxygen atoms in total. The van der Waals surface area contributed by atoms with Crippen LogP contribution in [0.5, 0.6) is 0 Å². The zero-order chi connectivity index (χ0) is 15.6. The highest BCUT2D eigenvalue weighted by Gasteiger charge is 2.15. The van der Waals surface area contributed by atoms with Crippen molar-refractivity contribution in [3.63, 3.8) is 0 Å². The molecule has 0 bridgehead atoms. The van der Waals surface area contributed by atoms with Crippen molar-refractivity contribution in [2.45, 2.75) is 48.0 Å². The standard InChI is InChI=1S/C18H25N3/c1-7-8-19-18-14(5)17(20-15(6)21-18)16-12(3)9-11(2)10-13(16)4/h9-10H,7-8H2,1-6H3,(H,19,20,21). The van der Waals surface area contributed by atoms with Gasteiger partial charge >= 0.3 is 0 Å². The fraction of sp³-hybridized carbons (Fsp3) is 0.444. The maximum atomic E-state index is 4.71. The first-order valence-corrected chi connectivity index (χ1v) is 7.61. The van der Waals surface area contributed by atoms with Crippen molar-refractivity contribution < 1.29 is 0 Å². The lowest BCUT2D eigenvalue weighted by Crippen LogP contribution is -2.08. The minimum Gasteiger partial charge on any atom is -0.370 e. The fourth-order valence-corrected chi connectivity index (χ4v) is 2.84. The highest BCUT2D eigenvalue weighted by molar-refractivity contribution is 5.74. The predicted molar refractivity (Wildman–Crippen MR) is 89.9 cm³/mol. The highest BCUT2D eigenvalue weighted by atomic mass is 15.0. The third-order valence-corrected chi connectivity index (χ3v) is 3.71. The molecule has 0 aliphatic heterocycles. The normalized spacial score (nSPS) is 10.8. The van der Waals surface area contributed by atoms with E-state index in [4.69, 9.17) is 4.98 Å². The molecule has 112 valence electrons. The van der Waals surface area contributed by atoms with E-state index in [1.807, 2.05) is 6.92 Å². The van der Waals surface area contributed by atoms with Crippen molar-refractivity contribution >= 4 is 5.82 Å². The topological polar surface area (TPSA) is 37.8 Å². The largest absolute Gasteiger partial charge is 0.370 e. The Hall–Kier alpha value is -1.90. The first-order chi connectivity index (χ1) is 9.93. The Balaban J connectivity index is 2.61. The summed E-state index contributed by atoms with van der Waals surface area (Å²) in [5.74, 6) is 1.77. The van der Waals surface area contributed by atoms with Gasteiger partial charge in [-0.1, -0.05) is 24.6 Å². The summed E-state index contributed by atoms with van der Waals surface area (Å²) < 4.78 is 0. The number of hydrogen-bond acceptors (Lipinski definition) is 3. The maximum Gasteiger partial charge on any atom is 0.133 e. The molecule has 1 N–H and O–H groups in total. The summed E-state index contributed by atoms with van der Waals surface area (Å²) in [7, 11) is 0. The van der Waals surface area contributed by atoms with Crippen LogP contribution >= 0.6 is 0 Å². The summed E-state index contributed by atoms with van der Waals surface area (Å²) in [5.41, 5.74) is 7.26. The maximum absolute atomic E-state index is 4.71. The van der Waals surface area contributed by atoms with Crippen LogP contribution in [0.2, 0.25) is 0 Å². The number of anilines is 1. The van der Waals surface area contributed by atoms with Crippen molar-refractivity contribution in [1.29, 1.82) is 0 Å². The van der Waals surface area contributed by atoms with Crippen LogP contribution in [-0.4, -0.2) is 16.5 Å². The van der Waals surface area contributed by atoms with Crippen LogP contribution in [0.3, 0.4) is 0 Å². The van der Waals surface area contributed by atoms with Crippen molar-refractivity contribution in [2.24, 2.45) is 0 Å². The average molecular weight is 283 g/mol. The molecule has 1 aromatic heterocycles. The number of nitrogens with zero attached hydrogens (tertiary/aromatic N) is 2. The van der Waals surface area contributed by atoms with Crippen LogP contribution in [0.25, 0.3) is 11.3 Å². The molecular weight excluding hydrogens is 258 g/mol. The Morgan fingerprint density at radius 3 is 2.14 bits per heavy atom. The van der Waals surface area contributed by atoms with E-state index in [-0.39, 0.29) is 0 Å². The number of benzene rings is 1. The summed E-state index contributed by atoms with van der Waals surface area (Å²) in [6.07, 6.45) is 1.08. The molecule has 1 heterocycles. The van der Waals surface area contributed by atoms with Crippen LogP contribution in [0.1, 0.15) is 41.4 Å². The lowest BCUT2D eigenvalue weighted by molar-refractivity contribution is 0.947. The van der Waals surface area contributed by atoms with Gasteiger partial charge in [-0.25, -0.2) is 9.97 Å². The third-order valence-electron chi connectivity index (χ3n) is 3.71. The van der Waals surface area contributed by atoms with Gasteiger partial charge in [0.2, 0.25) is 0 Å². The van der Waals surface area contributed by atoms with E-state index in [0.717, 1.165) is 35.9 Å². The zero-order valence-corrected chi connectivity index (χ0v) is 14.0. The van der Waals surface area contributed by atoms with Gasteiger partial charge in [-0.15, -0.1) is 0 Å². The van der Waals surface area contributed by atoms with Crippen LogP contribution in [0.4, 0.5) is 5.82 Å². The molecule has 0 unspecified atom stereocenters. The Bertz CT molecular complexity index is 637. The van der Waals surface area contributed by atoms with Crippen LogP contribution in [0.15, 0.2) is 12.1 Å². The Labute approximate surface area is 127 Å². The molecule has 0 fully saturated rings. The van der Waals surface area contributed by atoms with E-state index in [1.54, 1.807) is 0 Å². The van der Waals surface area contributed by atoms with E-state index in [2.05, 4.69) is 57.1 Å². The molecule has 0 amide bonds. The highest BCUT2D eigenvalue weighted by Crippen LogP contribution is 2.31. The first kappa shape index (κ1) is 15.5. The summed E-state index contributed by atoms with van der Waals surface area (Å²) in [6.45, 7) is 13.6. The second kappa shape index (κ2) is 6.25. The van der Waals surface area contributed by atoms with E-state index >= 15 is 0 Å². The number of aromatic nitrogens is 2.